The molecule has 124 valence electrons. The molecule has 0 spiro atoms. The first-order valence-corrected chi connectivity index (χ1v) is 8.88. The van der Waals surface area contributed by atoms with E-state index in [1.54, 1.807) is 0 Å². The van der Waals surface area contributed by atoms with Crippen LogP contribution in [0.2, 0.25) is 0 Å². The molecule has 0 bridgehead atoms. The van der Waals surface area contributed by atoms with E-state index < -0.39 is 0 Å². The first kappa shape index (κ1) is 15.4. The highest BCUT2D eigenvalue weighted by atomic mass is 16.2. The van der Waals surface area contributed by atoms with Crippen LogP contribution in [0.3, 0.4) is 0 Å². The van der Waals surface area contributed by atoms with Gasteiger partial charge in [-0.3, -0.25) is 9.69 Å². The highest BCUT2D eigenvalue weighted by molar-refractivity contribution is 5.94. The van der Waals surface area contributed by atoms with E-state index in [0.717, 1.165) is 37.9 Å². The van der Waals surface area contributed by atoms with Gasteiger partial charge in [-0.2, -0.15) is 0 Å². The molecule has 0 unspecified atom stereocenters. The molecule has 3 heteroatoms. The van der Waals surface area contributed by atoms with Crippen molar-refractivity contribution in [2.75, 3.05) is 20.1 Å². The minimum Gasteiger partial charge on any atom is -0.339 e. The van der Waals surface area contributed by atoms with Gasteiger partial charge in [-0.25, -0.2) is 0 Å². The number of piperidine rings is 1. The van der Waals surface area contributed by atoms with Gasteiger partial charge in [0.2, 0.25) is 0 Å². The number of rotatable bonds is 2. The monoisotopic (exact) mass is 320 g/mol. The highest BCUT2D eigenvalue weighted by Gasteiger charge is 2.35. The van der Waals surface area contributed by atoms with Crippen molar-refractivity contribution in [3.05, 3.63) is 71.3 Å². The van der Waals surface area contributed by atoms with Crippen LogP contribution >= 0.6 is 0 Å². The predicted molar refractivity (Wildman–Crippen MR) is 96.0 cm³/mol. The van der Waals surface area contributed by atoms with Crippen LogP contribution in [0.5, 0.6) is 0 Å². The molecule has 0 aromatic heterocycles. The topological polar surface area (TPSA) is 23.6 Å². The van der Waals surface area contributed by atoms with E-state index in [0.29, 0.717) is 12.1 Å². The minimum atomic E-state index is 0.137. The zero-order chi connectivity index (χ0) is 16.5. The molecular formula is C21H24N2O. The Morgan fingerprint density at radius 1 is 1.04 bits per heavy atom. The Morgan fingerprint density at radius 3 is 2.62 bits per heavy atom. The van der Waals surface area contributed by atoms with Gasteiger partial charge in [-0.15, -0.1) is 0 Å². The number of nitrogens with zero attached hydrogens (tertiary/aromatic N) is 2. The minimum absolute atomic E-state index is 0.137. The Hall–Kier alpha value is -2.13. The van der Waals surface area contributed by atoms with Crippen LogP contribution in [0.4, 0.5) is 0 Å². The van der Waals surface area contributed by atoms with Crippen molar-refractivity contribution in [3.8, 4) is 0 Å². The first-order valence-electron chi connectivity index (χ1n) is 8.88. The van der Waals surface area contributed by atoms with Crippen LogP contribution < -0.4 is 0 Å². The molecule has 1 fully saturated rings. The van der Waals surface area contributed by atoms with Crippen molar-refractivity contribution in [1.29, 1.82) is 0 Å². The molecule has 2 aliphatic rings. The molecule has 24 heavy (non-hydrogen) atoms. The number of benzene rings is 2. The lowest BCUT2D eigenvalue weighted by molar-refractivity contribution is 0.0502. The van der Waals surface area contributed by atoms with Crippen LogP contribution in [-0.4, -0.2) is 41.9 Å². The van der Waals surface area contributed by atoms with E-state index in [2.05, 4.69) is 29.2 Å². The van der Waals surface area contributed by atoms with E-state index in [-0.39, 0.29) is 5.91 Å². The molecule has 1 saturated heterocycles. The molecule has 0 radical (unpaired) electrons. The second-order valence-electron chi connectivity index (χ2n) is 6.96. The molecule has 2 atom stereocenters. The van der Waals surface area contributed by atoms with Crippen LogP contribution in [0, 0.1) is 0 Å². The third-order valence-electron chi connectivity index (χ3n) is 5.66. The van der Waals surface area contributed by atoms with Gasteiger partial charge in [0.1, 0.15) is 0 Å². The van der Waals surface area contributed by atoms with Gasteiger partial charge >= 0.3 is 0 Å². The normalized spacial score (nSPS) is 23.2. The smallest absolute Gasteiger partial charge is 0.253 e. The lowest BCUT2D eigenvalue weighted by Gasteiger charge is -2.45. The largest absolute Gasteiger partial charge is 0.339 e. The maximum atomic E-state index is 12.8. The molecule has 0 N–H and O–H groups in total. The van der Waals surface area contributed by atoms with Crippen molar-refractivity contribution in [3.63, 3.8) is 0 Å². The summed E-state index contributed by atoms with van der Waals surface area (Å²) in [5.41, 5.74) is 3.73. The summed E-state index contributed by atoms with van der Waals surface area (Å²) in [7, 11) is 1.96. The van der Waals surface area contributed by atoms with Crippen molar-refractivity contribution in [2.45, 2.75) is 31.3 Å². The number of carbonyl (C=O) groups is 1. The standard InChI is InChI=1S/C21H24N2O/c1-22(21(24)17-8-3-2-4-9-17)18-12-14-23-13-11-16-7-5-6-10-19(16)20(23)15-18/h2-10,18,20H,11-15H2,1H3/t18-,20+/m1/s1. The second kappa shape index (κ2) is 6.40. The number of carbonyl (C=O) groups excluding carboxylic acids is 1. The fraction of sp³-hybridized carbons (Fsp3) is 0.381. The van der Waals surface area contributed by atoms with Crippen LogP contribution in [0.1, 0.15) is 40.4 Å². The molecule has 2 aromatic rings. The lowest BCUT2D eigenvalue weighted by Crippen LogP contribution is -2.48. The van der Waals surface area contributed by atoms with Crippen molar-refractivity contribution in [1.82, 2.24) is 9.80 Å². The quantitative estimate of drug-likeness (QED) is 0.845. The zero-order valence-corrected chi connectivity index (χ0v) is 14.2. The number of fused-ring (bicyclic) bond motifs is 3. The first-order chi connectivity index (χ1) is 11.7. The summed E-state index contributed by atoms with van der Waals surface area (Å²) in [4.78, 5) is 17.3. The highest BCUT2D eigenvalue weighted by Crippen LogP contribution is 2.37. The predicted octanol–water partition coefficient (Wildman–Crippen LogP) is 3.52. The molecule has 0 saturated carbocycles. The van der Waals surface area contributed by atoms with E-state index in [1.807, 2.05) is 42.3 Å². The van der Waals surface area contributed by atoms with E-state index in [1.165, 1.54) is 11.1 Å². The molecule has 2 aromatic carbocycles. The van der Waals surface area contributed by atoms with Crippen LogP contribution in [0.25, 0.3) is 0 Å². The molecule has 2 aliphatic heterocycles. The SMILES string of the molecule is CN(C(=O)c1ccccc1)[C@@H]1CCN2CCc3ccccc3[C@@H]2C1. The van der Waals surface area contributed by atoms with E-state index in [9.17, 15) is 4.79 Å². The summed E-state index contributed by atoms with van der Waals surface area (Å²) < 4.78 is 0. The summed E-state index contributed by atoms with van der Waals surface area (Å²) in [6, 6.07) is 19.2. The zero-order valence-electron chi connectivity index (χ0n) is 14.2. The van der Waals surface area contributed by atoms with Crippen molar-refractivity contribution in [2.24, 2.45) is 0 Å². The fourth-order valence-electron chi connectivity index (χ4n) is 4.24. The van der Waals surface area contributed by atoms with Gasteiger partial charge in [0.25, 0.3) is 5.91 Å². The Morgan fingerprint density at radius 2 is 1.79 bits per heavy atom. The van der Waals surface area contributed by atoms with Crippen LogP contribution in [0.15, 0.2) is 54.6 Å². The van der Waals surface area contributed by atoms with Gasteiger partial charge in [0.05, 0.1) is 0 Å². The van der Waals surface area contributed by atoms with Crippen LogP contribution in [-0.2, 0) is 6.42 Å². The van der Waals surface area contributed by atoms with Gasteiger partial charge in [-0.05, 0) is 42.5 Å². The average Bonchev–Trinajstić information content (AvgIpc) is 2.67. The average molecular weight is 320 g/mol. The summed E-state index contributed by atoms with van der Waals surface area (Å²) >= 11 is 0. The Kier molecular flexibility index (Phi) is 4.11. The molecule has 2 heterocycles. The summed E-state index contributed by atoms with van der Waals surface area (Å²) in [6.07, 6.45) is 3.25. The van der Waals surface area contributed by atoms with Gasteiger partial charge < -0.3 is 4.90 Å². The number of amides is 1. The maximum absolute atomic E-state index is 12.8. The summed E-state index contributed by atoms with van der Waals surface area (Å²) in [5.74, 6) is 0.137. The van der Waals surface area contributed by atoms with Crippen molar-refractivity contribution >= 4 is 5.91 Å². The maximum Gasteiger partial charge on any atom is 0.253 e. The molecule has 1 amide bonds. The Balaban J connectivity index is 1.54. The molecule has 4 rings (SSSR count). The fourth-order valence-corrected chi connectivity index (χ4v) is 4.24. The summed E-state index contributed by atoms with van der Waals surface area (Å²) in [6.45, 7) is 2.22. The second-order valence-corrected chi connectivity index (χ2v) is 6.96. The third kappa shape index (κ3) is 2.73. The molecule has 0 aliphatic carbocycles. The number of hydrogen-bond acceptors (Lipinski definition) is 2. The molecular weight excluding hydrogens is 296 g/mol. The van der Waals surface area contributed by atoms with Crippen molar-refractivity contribution < 1.29 is 4.79 Å². The Bertz CT molecular complexity index is 728. The van der Waals surface area contributed by atoms with Gasteiger partial charge in [-0.1, -0.05) is 42.5 Å². The third-order valence-corrected chi connectivity index (χ3v) is 5.66. The van der Waals surface area contributed by atoms with Gasteiger partial charge in [0.15, 0.2) is 0 Å². The molecule has 3 nitrogen and oxygen atoms in total. The lowest BCUT2D eigenvalue weighted by atomic mass is 9.84. The Labute approximate surface area is 143 Å². The summed E-state index contributed by atoms with van der Waals surface area (Å²) in [5, 5.41) is 0. The van der Waals surface area contributed by atoms with E-state index in [4.69, 9.17) is 0 Å². The van der Waals surface area contributed by atoms with E-state index >= 15 is 0 Å². The number of hydrogen-bond donors (Lipinski definition) is 0. The van der Waals surface area contributed by atoms with Gasteiger partial charge in [0, 0.05) is 37.8 Å².